The van der Waals surface area contributed by atoms with Crippen LogP contribution in [0.1, 0.15) is 27.2 Å². The molecule has 3 heteroatoms. The Morgan fingerprint density at radius 1 is 1.10 bits per heavy atom. The molecule has 0 spiro atoms. The first-order valence-electron chi connectivity index (χ1n) is 7.23. The van der Waals surface area contributed by atoms with E-state index in [2.05, 4.69) is 43.2 Å². The summed E-state index contributed by atoms with van der Waals surface area (Å²) in [7, 11) is 0. The number of nitrogens with zero attached hydrogens (tertiary/aromatic N) is 1. The minimum absolute atomic E-state index is 0.382. The summed E-state index contributed by atoms with van der Waals surface area (Å²) in [5.74, 6) is 0.862. The maximum Gasteiger partial charge on any atom is 0.145 e. The monoisotopic (exact) mass is 272 g/mol. The zero-order valence-corrected chi connectivity index (χ0v) is 12.6. The van der Waals surface area contributed by atoms with Crippen molar-refractivity contribution >= 4 is 10.9 Å². The predicted octanol–water partition coefficient (Wildman–Crippen LogP) is 3.64. The van der Waals surface area contributed by atoms with E-state index < -0.39 is 0 Å². The fraction of sp³-hybridized carbons (Fsp3) is 0.471. The fourth-order valence-corrected chi connectivity index (χ4v) is 2.01. The molecule has 0 radical (unpaired) electrons. The number of benzene rings is 1. The molecule has 1 aromatic heterocycles. The number of rotatable bonds is 6. The van der Waals surface area contributed by atoms with E-state index in [0.29, 0.717) is 12.0 Å². The zero-order chi connectivity index (χ0) is 14.4. The predicted molar refractivity (Wildman–Crippen MR) is 84.2 cm³/mol. The highest BCUT2D eigenvalue weighted by Gasteiger charge is 2.08. The molecule has 0 amide bonds. The molecular weight excluding hydrogens is 248 g/mol. The lowest BCUT2D eigenvalue weighted by molar-refractivity contribution is 0.306. The van der Waals surface area contributed by atoms with Crippen LogP contribution in [0.4, 0.5) is 0 Å². The van der Waals surface area contributed by atoms with Crippen LogP contribution in [-0.2, 0) is 0 Å². The van der Waals surface area contributed by atoms with Crippen LogP contribution in [0.3, 0.4) is 0 Å². The number of nitrogens with one attached hydrogen (secondary N) is 1. The molecule has 0 aliphatic carbocycles. The van der Waals surface area contributed by atoms with Gasteiger partial charge in [0.05, 0.1) is 0 Å². The van der Waals surface area contributed by atoms with Crippen molar-refractivity contribution in [2.75, 3.05) is 19.7 Å². The molecule has 0 atom stereocenters. The van der Waals surface area contributed by atoms with Crippen molar-refractivity contribution in [1.29, 1.82) is 0 Å². The van der Waals surface area contributed by atoms with Crippen LogP contribution in [0.15, 0.2) is 36.5 Å². The van der Waals surface area contributed by atoms with Crippen molar-refractivity contribution in [1.82, 2.24) is 10.3 Å². The van der Waals surface area contributed by atoms with Crippen molar-refractivity contribution in [3.8, 4) is 5.75 Å². The standard InChI is InChI=1S/C17H24N2O/c1-17(2,3)9-11-18-12-13-20-15-8-4-6-14-7-5-10-19-16(14)15/h4-8,10,18H,9,11-13H2,1-3H3. The smallest absolute Gasteiger partial charge is 0.145 e. The molecule has 0 bridgehead atoms. The Balaban J connectivity index is 1.79. The van der Waals surface area contributed by atoms with E-state index in [1.807, 2.05) is 18.2 Å². The van der Waals surface area contributed by atoms with Gasteiger partial charge in [0.2, 0.25) is 0 Å². The van der Waals surface area contributed by atoms with E-state index in [1.54, 1.807) is 6.20 Å². The van der Waals surface area contributed by atoms with E-state index in [-0.39, 0.29) is 0 Å². The van der Waals surface area contributed by atoms with Crippen molar-refractivity contribution in [2.45, 2.75) is 27.2 Å². The van der Waals surface area contributed by atoms with Gasteiger partial charge in [-0.25, -0.2) is 0 Å². The van der Waals surface area contributed by atoms with Crippen molar-refractivity contribution < 1.29 is 4.74 Å². The lowest BCUT2D eigenvalue weighted by Crippen LogP contribution is -2.25. The average Bonchev–Trinajstić information content (AvgIpc) is 2.41. The highest BCUT2D eigenvalue weighted by Crippen LogP contribution is 2.22. The second-order valence-electron chi connectivity index (χ2n) is 6.24. The summed E-state index contributed by atoms with van der Waals surface area (Å²) in [6, 6.07) is 10.0. The molecule has 20 heavy (non-hydrogen) atoms. The molecule has 0 saturated carbocycles. The average molecular weight is 272 g/mol. The second-order valence-corrected chi connectivity index (χ2v) is 6.24. The zero-order valence-electron chi connectivity index (χ0n) is 12.6. The van der Waals surface area contributed by atoms with Gasteiger partial charge in [0.15, 0.2) is 0 Å². The molecule has 0 fully saturated rings. The molecule has 2 aromatic rings. The summed E-state index contributed by atoms with van der Waals surface area (Å²) < 4.78 is 5.83. The Labute approximate surface area is 121 Å². The second kappa shape index (κ2) is 6.71. The Morgan fingerprint density at radius 2 is 1.90 bits per heavy atom. The van der Waals surface area contributed by atoms with Crippen LogP contribution in [0.5, 0.6) is 5.75 Å². The first kappa shape index (κ1) is 14.8. The van der Waals surface area contributed by atoms with Gasteiger partial charge >= 0.3 is 0 Å². The molecule has 2 rings (SSSR count). The molecule has 0 aliphatic heterocycles. The third-order valence-corrected chi connectivity index (χ3v) is 3.18. The summed E-state index contributed by atoms with van der Waals surface area (Å²) in [6.45, 7) is 9.33. The van der Waals surface area contributed by atoms with Crippen molar-refractivity contribution in [3.63, 3.8) is 0 Å². The Bertz CT molecular complexity index is 541. The fourth-order valence-electron chi connectivity index (χ4n) is 2.01. The highest BCUT2D eigenvalue weighted by molar-refractivity contribution is 5.84. The molecule has 1 aromatic carbocycles. The Morgan fingerprint density at radius 3 is 2.70 bits per heavy atom. The van der Waals surface area contributed by atoms with Crippen LogP contribution >= 0.6 is 0 Å². The van der Waals surface area contributed by atoms with E-state index in [9.17, 15) is 0 Å². The summed E-state index contributed by atoms with van der Waals surface area (Å²) >= 11 is 0. The van der Waals surface area contributed by atoms with E-state index >= 15 is 0 Å². The minimum Gasteiger partial charge on any atom is -0.490 e. The van der Waals surface area contributed by atoms with Crippen LogP contribution in [-0.4, -0.2) is 24.7 Å². The molecule has 1 heterocycles. The molecule has 0 saturated heterocycles. The number of hydrogen-bond donors (Lipinski definition) is 1. The van der Waals surface area contributed by atoms with E-state index in [1.165, 1.54) is 6.42 Å². The lowest BCUT2D eigenvalue weighted by atomic mass is 9.92. The summed E-state index contributed by atoms with van der Waals surface area (Å²) in [4.78, 5) is 4.38. The summed E-state index contributed by atoms with van der Waals surface area (Å²) in [6.07, 6.45) is 2.97. The van der Waals surface area contributed by atoms with Crippen LogP contribution in [0.25, 0.3) is 10.9 Å². The summed E-state index contributed by atoms with van der Waals surface area (Å²) in [5, 5.41) is 4.53. The van der Waals surface area contributed by atoms with Crippen LogP contribution in [0, 0.1) is 5.41 Å². The topological polar surface area (TPSA) is 34.1 Å². The Hall–Kier alpha value is -1.61. The SMILES string of the molecule is CC(C)(C)CCNCCOc1cccc2cccnc12. The first-order valence-corrected chi connectivity index (χ1v) is 7.23. The van der Waals surface area contributed by atoms with E-state index in [0.717, 1.165) is 29.7 Å². The molecule has 3 nitrogen and oxygen atoms in total. The van der Waals surface area contributed by atoms with E-state index in [4.69, 9.17) is 4.74 Å². The van der Waals surface area contributed by atoms with Gasteiger partial charge in [-0.15, -0.1) is 0 Å². The largest absolute Gasteiger partial charge is 0.490 e. The van der Waals surface area contributed by atoms with Gasteiger partial charge in [0.25, 0.3) is 0 Å². The van der Waals surface area contributed by atoms with Gasteiger partial charge in [-0.3, -0.25) is 4.98 Å². The van der Waals surface area contributed by atoms with Gasteiger partial charge < -0.3 is 10.1 Å². The van der Waals surface area contributed by atoms with Gasteiger partial charge in [-0.1, -0.05) is 39.0 Å². The first-order chi connectivity index (χ1) is 9.56. The normalized spacial score (nSPS) is 11.8. The van der Waals surface area contributed by atoms with Crippen molar-refractivity contribution in [3.05, 3.63) is 36.5 Å². The van der Waals surface area contributed by atoms with Gasteiger partial charge in [-0.2, -0.15) is 0 Å². The van der Waals surface area contributed by atoms with Crippen LogP contribution in [0.2, 0.25) is 0 Å². The number of ether oxygens (including phenoxy) is 1. The van der Waals surface area contributed by atoms with Gasteiger partial charge in [0.1, 0.15) is 17.9 Å². The minimum atomic E-state index is 0.382. The molecular formula is C17H24N2O. The number of hydrogen-bond acceptors (Lipinski definition) is 3. The maximum atomic E-state index is 5.83. The van der Waals surface area contributed by atoms with Gasteiger partial charge in [-0.05, 0) is 30.5 Å². The number of pyridine rings is 1. The maximum absolute atomic E-state index is 5.83. The van der Waals surface area contributed by atoms with Gasteiger partial charge in [0, 0.05) is 18.1 Å². The number of para-hydroxylation sites is 1. The number of fused-ring (bicyclic) bond motifs is 1. The number of aromatic nitrogens is 1. The molecule has 108 valence electrons. The van der Waals surface area contributed by atoms with Crippen molar-refractivity contribution in [2.24, 2.45) is 5.41 Å². The summed E-state index contributed by atoms with van der Waals surface area (Å²) in [5.41, 5.74) is 1.32. The third kappa shape index (κ3) is 4.49. The lowest BCUT2D eigenvalue weighted by Gasteiger charge is -2.18. The quantitative estimate of drug-likeness (QED) is 0.815. The molecule has 1 N–H and O–H groups in total. The van der Waals surface area contributed by atoms with Crippen LogP contribution < -0.4 is 10.1 Å². The molecule has 0 aliphatic rings. The highest BCUT2D eigenvalue weighted by atomic mass is 16.5. The third-order valence-electron chi connectivity index (χ3n) is 3.18. The molecule has 0 unspecified atom stereocenters. The Kier molecular flexibility index (Phi) is 4.96.